The maximum absolute atomic E-state index is 6.09. The number of ether oxygens (including phenoxy) is 1. The van der Waals surface area contributed by atoms with E-state index in [4.69, 9.17) is 22.8 Å². The molecule has 0 fully saturated rings. The molecule has 90 valence electrons. The molecule has 0 aromatic heterocycles. The highest BCUT2D eigenvalue weighted by Crippen LogP contribution is 2.32. The smallest absolute Gasteiger partial charge is 0.127 e. The summed E-state index contributed by atoms with van der Waals surface area (Å²) in [7, 11) is 0. The zero-order valence-corrected chi connectivity index (χ0v) is 10.7. The van der Waals surface area contributed by atoms with Crippen molar-refractivity contribution in [3.05, 3.63) is 28.3 Å². The molecule has 1 N–H and O–H groups in total. The van der Waals surface area contributed by atoms with Crippen molar-refractivity contribution >= 4 is 11.6 Å². The predicted octanol–water partition coefficient (Wildman–Crippen LogP) is 2.78. The first-order valence-electron chi connectivity index (χ1n) is 5.88. The highest BCUT2D eigenvalue weighted by molar-refractivity contribution is 6.30. The van der Waals surface area contributed by atoms with Gasteiger partial charge in [0.1, 0.15) is 5.75 Å². The topological polar surface area (TPSA) is 21.3 Å². The SMILES string of the molecule is C#CC(CC)NCc1cc(Cl)cc2c1OCC2. The Morgan fingerprint density at radius 1 is 1.59 bits per heavy atom. The Labute approximate surface area is 107 Å². The number of terminal acetylenes is 1. The lowest BCUT2D eigenvalue weighted by atomic mass is 10.1. The van der Waals surface area contributed by atoms with Crippen LogP contribution in [0.15, 0.2) is 12.1 Å². The van der Waals surface area contributed by atoms with E-state index in [-0.39, 0.29) is 6.04 Å². The molecule has 1 unspecified atom stereocenters. The van der Waals surface area contributed by atoms with Crippen molar-refractivity contribution in [2.75, 3.05) is 6.61 Å². The number of hydrogen-bond acceptors (Lipinski definition) is 2. The van der Waals surface area contributed by atoms with Crippen molar-refractivity contribution in [1.29, 1.82) is 0 Å². The van der Waals surface area contributed by atoms with Crippen molar-refractivity contribution in [2.45, 2.75) is 32.4 Å². The molecule has 0 aliphatic carbocycles. The molecule has 1 aromatic carbocycles. The van der Waals surface area contributed by atoms with E-state index >= 15 is 0 Å². The van der Waals surface area contributed by atoms with Crippen LogP contribution in [0.2, 0.25) is 5.02 Å². The van der Waals surface area contributed by atoms with Crippen molar-refractivity contribution in [2.24, 2.45) is 0 Å². The summed E-state index contributed by atoms with van der Waals surface area (Å²) in [6, 6.07) is 4.03. The van der Waals surface area contributed by atoms with E-state index in [1.807, 2.05) is 12.1 Å². The summed E-state index contributed by atoms with van der Waals surface area (Å²) >= 11 is 6.09. The molecule has 1 aromatic rings. The van der Waals surface area contributed by atoms with Gasteiger partial charge in [-0.3, -0.25) is 5.32 Å². The minimum Gasteiger partial charge on any atom is -0.493 e. The number of nitrogens with one attached hydrogen (secondary N) is 1. The Balaban J connectivity index is 2.14. The van der Waals surface area contributed by atoms with Crippen LogP contribution in [0.3, 0.4) is 0 Å². The Morgan fingerprint density at radius 3 is 3.12 bits per heavy atom. The summed E-state index contributed by atoms with van der Waals surface area (Å²) in [4.78, 5) is 0. The second-order valence-corrected chi connectivity index (χ2v) is 4.60. The molecule has 0 saturated heterocycles. The molecule has 1 aliphatic heterocycles. The van der Waals surface area contributed by atoms with Crippen molar-refractivity contribution in [3.63, 3.8) is 0 Å². The first-order valence-corrected chi connectivity index (χ1v) is 6.26. The molecule has 2 nitrogen and oxygen atoms in total. The number of halogens is 1. The molecule has 3 heteroatoms. The Hall–Kier alpha value is -1.17. The van der Waals surface area contributed by atoms with Crippen LogP contribution < -0.4 is 10.1 Å². The maximum atomic E-state index is 6.09. The lowest BCUT2D eigenvalue weighted by molar-refractivity contribution is 0.352. The van der Waals surface area contributed by atoms with E-state index in [1.54, 1.807) is 0 Å². The third kappa shape index (κ3) is 2.74. The highest BCUT2D eigenvalue weighted by Gasteiger charge is 2.17. The largest absolute Gasteiger partial charge is 0.493 e. The molecule has 1 aliphatic rings. The van der Waals surface area contributed by atoms with Gasteiger partial charge in [0.05, 0.1) is 12.6 Å². The Bertz CT molecular complexity index is 450. The van der Waals surface area contributed by atoms with Crippen LogP contribution in [0, 0.1) is 12.3 Å². The maximum Gasteiger partial charge on any atom is 0.127 e. The Morgan fingerprint density at radius 2 is 2.41 bits per heavy atom. The summed E-state index contributed by atoms with van der Waals surface area (Å²) in [5.41, 5.74) is 2.29. The molecule has 0 bridgehead atoms. The van der Waals surface area contributed by atoms with Gasteiger partial charge in [0.15, 0.2) is 0 Å². The Kier molecular flexibility index (Phi) is 3.93. The standard InChI is InChI=1S/C14H16ClNO/c1-3-13(4-2)16-9-11-8-12(15)7-10-5-6-17-14(10)11/h1,7-8,13,16H,4-6,9H2,2H3. The second-order valence-electron chi connectivity index (χ2n) is 4.16. The number of benzene rings is 1. The van der Waals surface area contributed by atoms with Gasteiger partial charge in [0.25, 0.3) is 0 Å². The first kappa shape index (κ1) is 12.3. The fourth-order valence-corrected chi connectivity index (χ4v) is 2.30. The molecule has 2 rings (SSSR count). The third-order valence-electron chi connectivity index (χ3n) is 2.97. The fraction of sp³-hybridized carbons (Fsp3) is 0.429. The lowest BCUT2D eigenvalue weighted by Crippen LogP contribution is -2.26. The van der Waals surface area contributed by atoms with Crippen LogP contribution in [0.5, 0.6) is 5.75 Å². The molecule has 1 heterocycles. The van der Waals surface area contributed by atoms with E-state index in [0.29, 0.717) is 6.54 Å². The molecular weight excluding hydrogens is 234 g/mol. The van der Waals surface area contributed by atoms with Crippen molar-refractivity contribution in [1.82, 2.24) is 5.32 Å². The molecule has 0 saturated carbocycles. The molecule has 0 spiro atoms. The summed E-state index contributed by atoms with van der Waals surface area (Å²) in [5.74, 6) is 3.70. The molecule has 0 radical (unpaired) electrons. The zero-order chi connectivity index (χ0) is 12.3. The monoisotopic (exact) mass is 249 g/mol. The van der Waals surface area contributed by atoms with Gasteiger partial charge in [0.2, 0.25) is 0 Å². The number of fused-ring (bicyclic) bond motifs is 1. The number of hydrogen-bond donors (Lipinski definition) is 1. The van der Waals surface area contributed by atoms with Crippen LogP contribution in [0.1, 0.15) is 24.5 Å². The van der Waals surface area contributed by atoms with Crippen LogP contribution in [-0.2, 0) is 13.0 Å². The van der Waals surface area contributed by atoms with E-state index in [9.17, 15) is 0 Å². The van der Waals surface area contributed by atoms with Gasteiger partial charge >= 0.3 is 0 Å². The first-order chi connectivity index (χ1) is 8.24. The van der Waals surface area contributed by atoms with Gasteiger partial charge in [-0.2, -0.15) is 0 Å². The average molecular weight is 250 g/mol. The van der Waals surface area contributed by atoms with Crippen LogP contribution in [0.25, 0.3) is 0 Å². The van der Waals surface area contributed by atoms with Crippen LogP contribution in [-0.4, -0.2) is 12.6 Å². The predicted molar refractivity (Wildman–Crippen MR) is 70.4 cm³/mol. The van der Waals surface area contributed by atoms with Gasteiger partial charge in [-0.15, -0.1) is 6.42 Å². The number of rotatable bonds is 4. The van der Waals surface area contributed by atoms with Gasteiger partial charge < -0.3 is 4.74 Å². The molecular formula is C14H16ClNO. The minimum atomic E-state index is 0.103. The third-order valence-corrected chi connectivity index (χ3v) is 3.19. The molecule has 1 atom stereocenters. The van der Waals surface area contributed by atoms with Crippen molar-refractivity contribution in [3.8, 4) is 18.1 Å². The normalized spacial score (nSPS) is 14.9. The summed E-state index contributed by atoms with van der Waals surface area (Å²) in [6.07, 6.45) is 7.28. The van der Waals surface area contributed by atoms with E-state index in [2.05, 4.69) is 18.2 Å². The average Bonchev–Trinajstić information content (AvgIpc) is 2.78. The van der Waals surface area contributed by atoms with E-state index in [0.717, 1.165) is 35.8 Å². The van der Waals surface area contributed by atoms with Gasteiger partial charge in [-0.05, 0) is 24.1 Å². The summed E-state index contributed by atoms with van der Waals surface area (Å²) in [6.45, 7) is 3.51. The fourth-order valence-electron chi connectivity index (χ4n) is 2.03. The summed E-state index contributed by atoms with van der Waals surface area (Å²) < 4.78 is 5.63. The summed E-state index contributed by atoms with van der Waals surface area (Å²) in [5, 5.41) is 4.08. The zero-order valence-electron chi connectivity index (χ0n) is 9.92. The molecule has 0 amide bonds. The molecule has 17 heavy (non-hydrogen) atoms. The van der Waals surface area contributed by atoms with Crippen molar-refractivity contribution < 1.29 is 4.74 Å². The van der Waals surface area contributed by atoms with E-state index < -0.39 is 0 Å². The highest BCUT2D eigenvalue weighted by atomic mass is 35.5. The van der Waals surface area contributed by atoms with Crippen LogP contribution in [0.4, 0.5) is 0 Å². The minimum absolute atomic E-state index is 0.103. The van der Waals surface area contributed by atoms with Crippen LogP contribution >= 0.6 is 11.6 Å². The quantitative estimate of drug-likeness (QED) is 0.829. The van der Waals surface area contributed by atoms with E-state index in [1.165, 1.54) is 5.56 Å². The second kappa shape index (κ2) is 5.44. The van der Waals surface area contributed by atoms with Gasteiger partial charge in [-0.1, -0.05) is 24.4 Å². The van der Waals surface area contributed by atoms with Gasteiger partial charge in [0, 0.05) is 23.6 Å². The lowest BCUT2D eigenvalue weighted by Gasteiger charge is -2.13. The van der Waals surface area contributed by atoms with Gasteiger partial charge in [-0.25, -0.2) is 0 Å².